The number of ether oxygens (including phenoxy) is 2. The van der Waals surface area contributed by atoms with Crippen molar-refractivity contribution >= 4 is 23.2 Å². The smallest absolute Gasteiger partial charge is 0.332 e. The first-order valence-electron chi connectivity index (χ1n) is 9.16. The molecule has 3 aromatic rings. The summed E-state index contributed by atoms with van der Waals surface area (Å²) in [6.07, 6.45) is 4.63. The predicted octanol–water partition coefficient (Wildman–Crippen LogP) is 1.01. The molecule has 0 aliphatic heterocycles. The van der Waals surface area contributed by atoms with Crippen LogP contribution in [0.25, 0.3) is 17.2 Å². The highest BCUT2D eigenvalue weighted by molar-refractivity contribution is 5.85. The Balaban J connectivity index is 1.69. The fraction of sp³-hybridized carbons (Fsp3) is 0.300. The number of carboxylic acids is 1. The summed E-state index contributed by atoms with van der Waals surface area (Å²) < 4.78 is 15.2. The van der Waals surface area contributed by atoms with Gasteiger partial charge in [-0.25, -0.2) is 14.6 Å². The number of hydrogen-bond donors (Lipinski definition) is 1. The molecule has 0 aliphatic rings. The molecule has 30 heavy (non-hydrogen) atoms. The van der Waals surface area contributed by atoms with E-state index in [9.17, 15) is 14.4 Å². The maximum Gasteiger partial charge on any atom is 0.332 e. The number of carboxylic acid groups (broad SMARTS) is 1. The molecule has 0 saturated heterocycles. The SMILES string of the molecule is COc1cc(C=CC(=O)O)ccc1OCCCn1cnc2c1c(=O)n(C)c(=O)n2C. The fourth-order valence-corrected chi connectivity index (χ4v) is 3.06. The number of fused-ring (bicyclic) bond motifs is 1. The highest BCUT2D eigenvalue weighted by atomic mass is 16.5. The van der Waals surface area contributed by atoms with Gasteiger partial charge in [0.05, 0.1) is 20.0 Å². The number of nitrogens with zero attached hydrogens (tertiary/aromatic N) is 4. The van der Waals surface area contributed by atoms with Gasteiger partial charge in [0.2, 0.25) is 0 Å². The van der Waals surface area contributed by atoms with Gasteiger partial charge in [-0.2, -0.15) is 0 Å². The van der Waals surface area contributed by atoms with Crippen molar-refractivity contribution in [3.8, 4) is 11.5 Å². The van der Waals surface area contributed by atoms with Gasteiger partial charge in [0.15, 0.2) is 22.7 Å². The second kappa shape index (κ2) is 8.68. The van der Waals surface area contributed by atoms with Gasteiger partial charge in [0.25, 0.3) is 5.56 Å². The van der Waals surface area contributed by atoms with Gasteiger partial charge in [-0.05, 0) is 30.2 Å². The molecule has 2 aromatic heterocycles. The normalized spacial score (nSPS) is 11.3. The quantitative estimate of drug-likeness (QED) is 0.432. The van der Waals surface area contributed by atoms with E-state index in [1.54, 1.807) is 29.8 Å². The van der Waals surface area contributed by atoms with Crippen LogP contribution in [0.2, 0.25) is 0 Å². The van der Waals surface area contributed by atoms with Gasteiger partial charge in [-0.15, -0.1) is 0 Å². The summed E-state index contributed by atoms with van der Waals surface area (Å²) in [5.41, 5.74) is 0.573. The lowest BCUT2D eigenvalue weighted by atomic mass is 10.2. The molecule has 0 aliphatic carbocycles. The average Bonchev–Trinajstić information content (AvgIpc) is 3.16. The summed E-state index contributed by atoms with van der Waals surface area (Å²) in [7, 11) is 4.52. The largest absolute Gasteiger partial charge is 0.493 e. The van der Waals surface area contributed by atoms with E-state index in [1.165, 1.54) is 31.1 Å². The molecule has 1 N–H and O–H groups in total. The van der Waals surface area contributed by atoms with Crippen LogP contribution < -0.4 is 20.7 Å². The zero-order valence-electron chi connectivity index (χ0n) is 16.9. The van der Waals surface area contributed by atoms with E-state index in [0.717, 1.165) is 10.6 Å². The van der Waals surface area contributed by atoms with Crippen LogP contribution in [-0.4, -0.2) is 43.5 Å². The van der Waals surface area contributed by atoms with Crippen LogP contribution >= 0.6 is 0 Å². The van der Waals surface area contributed by atoms with E-state index < -0.39 is 17.2 Å². The maximum atomic E-state index is 12.4. The van der Waals surface area contributed by atoms with Crippen molar-refractivity contribution in [1.82, 2.24) is 18.7 Å². The Morgan fingerprint density at radius 1 is 1.20 bits per heavy atom. The second-order valence-corrected chi connectivity index (χ2v) is 6.60. The van der Waals surface area contributed by atoms with E-state index in [2.05, 4.69) is 4.98 Å². The summed E-state index contributed by atoms with van der Waals surface area (Å²) in [5.74, 6) is -0.0190. The minimum Gasteiger partial charge on any atom is -0.493 e. The lowest BCUT2D eigenvalue weighted by molar-refractivity contribution is -0.131. The van der Waals surface area contributed by atoms with Crippen molar-refractivity contribution < 1.29 is 19.4 Å². The molecule has 10 heteroatoms. The Kier molecular flexibility index (Phi) is 6.05. The third kappa shape index (κ3) is 4.12. The highest BCUT2D eigenvalue weighted by Gasteiger charge is 2.14. The molecule has 0 spiro atoms. The number of imidazole rings is 1. The number of hydrogen-bond acceptors (Lipinski definition) is 6. The van der Waals surface area contributed by atoms with Crippen LogP contribution in [0.5, 0.6) is 11.5 Å². The summed E-state index contributed by atoms with van der Waals surface area (Å²) in [6.45, 7) is 0.831. The zero-order chi connectivity index (χ0) is 21.8. The summed E-state index contributed by atoms with van der Waals surface area (Å²) in [6, 6.07) is 5.12. The number of rotatable bonds is 8. The predicted molar refractivity (Wildman–Crippen MR) is 110 cm³/mol. The first-order chi connectivity index (χ1) is 14.3. The minimum absolute atomic E-state index is 0.343. The Morgan fingerprint density at radius 2 is 1.97 bits per heavy atom. The average molecular weight is 414 g/mol. The molecule has 0 amide bonds. The Labute approximate surface area is 171 Å². The van der Waals surface area contributed by atoms with Crippen molar-refractivity contribution in [2.24, 2.45) is 14.1 Å². The molecule has 0 radical (unpaired) electrons. The lowest BCUT2D eigenvalue weighted by Gasteiger charge is -2.12. The van der Waals surface area contributed by atoms with E-state index in [0.29, 0.717) is 47.8 Å². The van der Waals surface area contributed by atoms with Crippen LogP contribution in [0.3, 0.4) is 0 Å². The standard InChI is InChI=1S/C20H22N4O6/c1-22-18-17(19(27)23(2)20(22)28)24(12-21-18)9-4-10-30-14-7-5-13(6-8-16(25)26)11-15(14)29-3/h5-8,11-12H,4,9-10H2,1-3H3,(H,25,26). The molecule has 0 atom stereocenters. The van der Waals surface area contributed by atoms with Crippen molar-refractivity contribution in [2.45, 2.75) is 13.0 Å². The second-order valence-electron chi connectivity index (χ2n) is 6.60. The number of aliphatic carboxylic acids is 1. The molecule has 0 saturated carbocycles. The number of carbonyl (C=O) groups is 1. The van der Waals surface area contributed by atoms with Crippen molar-refractivity contribution in [1.29, 1.82) is 0 Å². The van der Waals surface area contributed by atoms with Crippen molar-refractivity contribution in [3.63, 3.8) is 0 Å². The summed E-state index contributed by atoms with van der Waals surface area (Å²) >= 11 is 0. The Morgan fingerprint density at radius 3 is 2.67 bits per heavy atom. The number of aromatic nitrogens is 4. The molecule has 0 fully saturated rings. The highest BCUT2D eigenvalue weighted by Crippen LogP contribution is 2.28. The first-order valence-corrected chi connectivity index (χ1v) is 9.16. The van der Waals surface area contributed by atoms with Gasteiger partial charge in [-0.1, -0.05) is 6.07 Å². The molecule has 10 nitrogen and oxygen atoms in total. The number of aryl methyl sites for hydroxylation is 2. The molecular formula is C20H22N4O6. The summed E-state index contributed by atoms with van der Waals surface area (Å²) in [4.78, 5) is 39.3. The van der Waals surface area contributed by atoms with Crippen molar-refractivity contribution in [3.05, 3.63) is 57.0 Å². The first kappa shape index (κ1) is 20.9. The van der Waals surface area contributed by atoms with Crippen LogP contribution in [0.15, 0.2) is 40.2 Å². The van der Waals surface area contributed by atoms with Crippen LogP contribution in [0.4, 0.5) is 0 Å². The molecule has 158 valence electrons. The third-order valence-corrected chi connectivity index (χ3v) is 4.62. The lowest BCUT2D eigenvalue weighted by Crippen LogP contribution is -2.37. The van der Waals surface area contributed by atoms with E-state index >= 15 is 0 Å². The monoisotopic (exact) mass is 414 g/mol. The van der Waals surface area contributed by atoms with Crippen LogP contribution in [0.1, 0.15) is 12.0 Å². The van der Waals surface area contributed by atoms with Gasteiger partial charge in [0.1, 0.15) is 0 Å². The summed E-state index contributed by atoms with van der Waals surface area (Å²) in [5, 5.41) is 8.72. The van der Waals surface area contributed by atoms with Crippen LogP contribution in [0, 0.1) is 0 Å². The fourth-order valence-electron chi connectivity index (χ4n) is 3.06. The third-order valence-electron chi connectivity index (χ3n) is 4.62. The van der Waals surface area contributed by atoms with Crippen molar-refractivity contribution in [2.75, 3.05) is 13.7 Å². The van der Waals surface area contributed by atoms with Gasteiger partial charge < -0.3 is 19.1 Å². The van der Waals surface area contributed by atoms with Gasteiger partial charge in [-0.3, -0.25) is 13.9 Å². The van der Waals surface area contributed by atoms with E-state index in [1.807, 2.05) is 0 Å². The van der Waals surface area contributed by atoms with E-state index in [4.69, 9.17) is 14.6 Å². The topological polar surface area (TPSA) is 118 Å². The number of benzene rings is 1. The van der Waals surface area contributed by atoms with Gasteiger partial charge in [0, 0.05) is 26.7 Å². The molecule has 3 rings (SSSR count). The molecular weight excluding hydrogens is 392 g/mol. The van der Waals surface area contributed by atoms with Crippen LogP contribution in [-0.2, 0) is 25.4 Å². The molecule has 1 aromatic carbocycles. The van der Waals surface area contributed by atoms with E-state index in [-0.39, 0.29) is 0 Å². The Hall–Kier alpha value is -3.82. The zero-order valence-corrected chi connectivity index (χ0v) is 16.9. The minimum atomic E-state index is -1.03. The molecule has 0 unspecified atom stereocenters. The molecule has 0 bridgehead atoms. The maximum absolute atomic E-state index is 12.4. The Bertz CT molecular complexity index is 1230. The van der Waals surface area contributed by atoms with Gasteiger partial charge >= 0.3 is 11.7 Å². The number of methoxy groups -OCH3 is 1. The molecule has 2 heterocycles.